The number of hydrogen-bond acceptors (Lipinski definition) is 1. The number of hydrogen-bond donors (Lipinski definition) is 0. The molecule has 0 aliphatic heterocycles. The molecule has 9 aromatic rings. The molecule has 9 rings (SSSR count). The van der Waals surface area contributed by atoms with Crippen molar-refractivity contribution in [2.45, 2.75) is 11.8 Å². The monoisotopic (exact) mass is 660 g/mol. The van der Waals surface area contributed by atoms with Gasteiger partial charge in [0.15, 0.2) is 0 Å². The molecule has 0 saturated heterocycles. The van der Waals surface area contributed by atoms with Crippen LogP contribution in [0.3, 0.4) is 0 Å². The first-order valence-electron chi connectivity index (χ1n) is 15.4. The molecule has 1 nitrogen and oxygen atoms in total. The van der Waals surface area contributed by atoms with E-state index in [2.05, 4.69) is 37.3 Å². The highest BCUT2D eigenvalue weighted by Gasteiger charge is 2.67. The molecular formula is C41H25F5OS. The van der Waals surface area contributed by atoms with Crippen LogP contribution in [0, 0.1) is 6.92 Å². The molecule has 236 valence electrons. The number of aryl methyl sites for hydroxylation is 1. The molecule has 0 amide bonds. The van der Waals surface area contributed by atoms with Crippen LogP contribution < -0.4 is 0 Å². The van der Waals surface area contributed by atoms with Crippen molar-refractivity contribution in [1.29, 1.82) is 0 Å². The predicted molar refractivity (Wildman–Crippen MR) is 191 cm³/mol. The topological polar surface area (TPSA) is 13.1 Å². The van der Waals surface area contributed by atoms with E-state index in [1.54, 1.807) is 24.3 Å². The zero-order valence-electron chi connectivity index (χ0n) is 25.4. The number of rotatable bonds is 3. The second kappa shape index (κ2) is 9.14. The normalized spacial score (nSPS) is 14.0. The molecule has 0 radical (unpaired) electrons. The third kappa shape index (κ3) is 4.24. The molecule has 7 heteroatoms. The first-order chi connectivity index (χ1) is 22.9. The summed E-state index contributed by atoms with van der Waals surface area (Å²) in [5, 5.41) is 5.41. The maximum Gasteiger partial charge on any atom is 0.311 e. The zero-order valence-corrected chi connectivity index (χ0v) is 26.2. The van der Waals surface area contributed by atoms with Gasteiger partial charge in [0.25, 0.3) is 0 Å². The molecule has 0 atom stereocenters. The van der Waals surface area contributed by atoms with Gasteiger partial charge in [0.05, 0.1) is 0 Å². The summed E-state index contributed by atoms with van der Waals surface area (Å²) in [6.45, 7) is 2.14. The van der Waals surface area contributed by atoms with Crippen molar-refractivity contribution in [1.82, 2.24) is 0 Å². The molecule has 0 fully saturated rings. The Kier molecular flexibility index (Phi) is 5.48. The highest BCUT2D eigenvalue weighted by Crippen LogP contribution is 3.03. The van der Waals surface area contributed by atoms with Crippen molar-refractivity contribution >= 4 is 75.3 Å². The number of fused-ring (bicyclic) bond motifs is 7. The highest BCUT2D eigenvalue weighted by molar-refractivity contribution is 8.46. The minimum atomic E-state index is -10.1. The summed E-state index contributed by atoms with van der Waals surface area (Å²) in [7, 11) is -10.1. The van der Waals surface area contributed by atoms with Gasteiger partial charge in [0.1, 0.15) is 16.1 Å². The van der Waals surface area contributed by atoms with Crippen molar-refractivity contribution in [2.24, 2.45) is 0 Å². The minimum absolute atomic E-state index is 0.104. The third-order valence-corrected chi connectivity index (χ3v) is 10.7. The summed E-state index contributed by atoms with van der Waals surface area (Å²) >= 11 is 0. The number of furan rings is 1. The molecule has 0 aliphatic carbocycles. The summed E-state index contributed by atoms with van der Waals surface area (Å²) in [6, 6.07) is 39.4. The van der Waals surface area contributed by atoms with Gasteiger partial charge in [-0.05, 0) is 91.3 Å². The van der Waals surface area contributed by atoms with E-state index in [0.717, 1.165) is 44.8 Å². The maximum absolute atomic E-state index is 14.6. The molecule has 1 heterocycles. The van der Waals surface area contributed by atoms with Gasteiger partial charge in [0.2, 0.25) is 0 Å². The van der Waals surface area contributed by atoms with Gasteiger partial charge in [-0.15, -0.1) is 0 Å². The second-order valence-corrected chi connectivity index (χ2v) is 14.7. The van der Waals surface area contributed by atoms with Gasteiger partial charge < -0.3 is 4.42 Å². The predicted octanol–water partition coefficient (Wildman–Crippen LogP) is 14.5. The van der Waals surface area contributed by atoms with E-state index in [4.69, 9.17) is 4.42 Å². The molecule has 48 heavy (non-hydrogen) atoms. The lowest BCUT2D eigenvalue weighted by Gasteiger charge is -2.42. The van der Waals surface area contributed by atoms with Gasteiger partial charge in [0, 0.05) is 21.5 Å². The lowest BCUT2D eigenvalue weighted by Crippen LogP contribution is -2.08. The lowest BCUT2D eigenvalue weighted by atomic mass is 9.88. The Morgan fingerprint density at radius 1 is 0.396 bits per heavy atom. The fourth-order valence-electron chi connectivity index (χ4n) is 7.56. The Morgan fingerprint density at radius 3 is 1.31 bits per heavy atom. The van der Waals surface area contributed by atoms with Gasteiger partial charge >= 0.3 is 10.2 Å². The Morgan fingerprint density at radius 2 is 0.812 bits per heavy atom. The van der Waals surface area contributed by atoms with Crippen LogP contribution in [0.25, 0.3) is 87.3 Å². The van der Waals surface area contributed by atoms with Gasteiger partial charge in [-0.25, -0.2) is 0 Å². The van der Waals surface area contributed by atoms with Crippen molar-refractivity contribution < 1.29 is 23.8 Å². The Balaban J connectivity index is 1.30. The van der Waals surface area contributed by atoms with E-state index >= 15 is 0 Å². The standard InChI is InChI=1S/C41H25F5OS/c1-24-27-10-2-4-12-30(27)40(31-13-5-3-11-28(24)31)26-18-20-29-36-22-25(19-21-37(36)47-38(29)23-26)39-32-14-6-8-16-34(32)41(48(42,43,44,45)46)35-17-9-7-15-33(35)39/h2-23H,1H3. The highest BCUT2D eigenvalue weighted by atomic mass is 32.5. The first kappa shape index (κ1) is 28.8. The molecule has 1 aromatic heterocycles. The van der Waals surface area contributed by atoms with Crippen LogP contribution in [-0.4, -0.2) is 0 Å². The van der Waals surface area contributed by atoms with Crippen LogP contribution in [0.1, 0.15) is 5.56 Å². The molecule has 0 N–H and O–H groups in total. The first-order valence-corrected chi connectivity index (χ1v) is 17.4. The quantitative estimate of drug-likeness (QED) is 0.136. The van der Waals surface area contributed by atoms with Crippen molar-refractivity contribution in [3.8, 4) is 22.3 Å². The van der Waals surface area contributed by atoms with Crippen LogP contribution in [0.15, 0.2) is 143 Å². The van der Waals surface area contributed by atoms with Crippen LogP contribution in [-0.2, 0) is 0 Å². The van der Waals surface area contributed by atoms with Crippen LogP contribution in [0.5, 0.6) is 0 Å². The molecule has 0 unspecified atom stereocenters. The summed E-state index contributed by atoms with van der Waals surface area (Å²) in [5.74, 6) is 0. The molecule has 8 aromatic carbocycles. The van der Waals surface area contributed by atoms with E-state index in [9.17, 15) is 19.4 Å². The number of benzene rings is 8. The maximum atomic E-state index is 14.6. The average molecular weight is 661 g/mol. The Hall–Kier alpha value is -5.40. The second-order valence-electron chi connectivity index (χ2n) is 12.4. The van der Waals surface area contributed by atoms with Gasteiger partial charge in [-0.1, -0.05) is 129 Å². The van der Waals surface area contributed by atoms with E-state index in [-0.39, 0.29) is 10.8 Å². The average Bonchev–Trinajstić information content (AvgIpc) is 3.43. The molecule has 0 spiro atoms. The zero-order chi connectivity index (χ0) is 33.1. The Labute approximate surface area is 271 Å². The fourth-order valence-corrected chi connectivity index (χ4v) is 8.75. The molecule has 0 aliphatic rings. The summed E-state index contributed by atoms with van der Waals surface area (Å²) in [4.78, 5) is -1.84. The van der Waals surface area contributed by atoms with Crippen molar-refractivity contribution in [3.63, 3.8) is 0 Å². The fraction of sp³-hybridized carbons (Fsp3) is 0.0244. The van der Waals surface area contributed by atoms with E-state index in [1.807, 2.05) is 42.5 Å². The largest absolute Gasteiger partial charge is 0.456 e. The summed E-state index contributed by atoms with van der Waals surface area (Å²) in [5.41, 5.74) is 5.66. The Bertz CT molecular complexity index is 2720. The minimum Gasteiger partial charge on any atom is -0.456 e. The van der Waals surface area contributed by atoms with Gasteiger partial charge in [-0.2, -0.15) is 0 Å². The van der Waals surface area contributed by atoms with Crippen LogP contribution in [0.4, 0.5) is 19.4 Å². The molecular weight excluding hydrogens is 636 g/mol. The third-order valence-electron chi connectivity index (χ3n) is 9.52. The SMILES string of the molecule is Cc1c2ccccc2c(-c2ccc3c(c2)oc2ccc(-c4c5ccccc5c(S(F)(F)(F)(F)F)c5ccccc45)cc23)c2ccccc12. The van der Waals surface area contributed by atoms with Gasteiger partial charge in [-0.3, -0.25) is 0 Å². The van der Waals surface area contributed by atoms with E-state index in [1.165, 1.54) is 40.6 Å². The van der Waals surface area contributed by atoms with E-state index in [0.29, 0.717) is 22.3 Å². The number of halogens is 5. The molecule has 0 bridgehead atoms. The smallest absolute Gasteiger partial charge is 0.311 e. The summed E-state index contributed by atoms with van der Waals surface area (Å²) < 4.78 is 79.5. The molecule has 0 saturated carbocycles. The lowest BCUT2D eigenvalue weighted by molar-refractivity contribution is 0.367. The van der Waals surface area contributed by atoms with Crippen molar-refractivity contribution in [3.05, 3.63) is 139 Å². The van der Waals surface area contributed by atoms with Crippen LogP contribution >= 0.6 is 10.2 Å². The summed E-state index contributed by atoms with van der Waals surface area (Å²) in [6.07, 6.45) is 0. The van der Waals surface area contributed by atoms with Crippen LogP contribution in [0.2, 0.25) is 0 Å². The van der Waals surface area contributed by atoms with E-state index < -0.39 is 25.9 Å². The van der Waals surface area contributed by atoms with Crippen molar-refractivity contribution in [2.75, 3.05) is 0 Å².